The maximum atomic E-state index is 4.56. The van der Waals surface area contributed by atoms with Gasteiger partial charge in [-0.25, -0.2) is 9.98 Å². The van der Waals surface area contributed by atoms with Gasteiger partial charge in [0, 0.05) is 52.2 Å². The summed E-state index contributed by atoms with van der Waals surface area (Å²) in [6.07, 6.45) is 10.9. The normalized spacial score (nSPS) is 16.0. The van der Waals surface area contributed by atoms with Crippen LogP contribution >= 0.6 is 0 Å². The van der Waals surface area contributed by atoms with Crippen molar-refractivity contribution in [1.82, 2.24) is 25.1 Å². The van der Waals surface area contributed by atoms with Crippen molar-refractivity contribution < 1.29 is 0 Å². The Hall–Kier alpha value is -3.13. The third-order valence-corrected chi connectivity index (χ3v) is 7.84. The number of nitrogens with one attached hydrogen (secondary N) is 2. The fraction of sp³-hybridized carbons (Fsp3) is 0.618. The topological polar surface area (TPSA) is 73.1 Å². The molecule has 2 N–H and O–H groups in total. The van der Waals surface area contributed by atoms with E-state index in [4.69, 9.17) is 0 Å². The average Bonchev–Trinajstić information content (AvgIpc) is 3.36. The molecule has 3 heterocycles. The minimum Gasteiger partial charge on any atom is -0.368 e. The van der Waals surface area contributed by atoms with Crippen LogP contribution < -0.4 is 15.5 Å². The fourth-order valence-electron chi connectivity index (χ4n) is 5.16. The minimum atomic E-state index is 0.127. The van der Waals surface area contributed by atoms with Gasteiger partial charge in [-0.05, 0) is 76.2 Å². The van der Waals surface area contributed by atoms with E-state index in [9.17, 15) is 0 Å². The maximum absolute atomic E-state index is 4.56. The number of imidazole rings is 1. The van der Waals surface area contributed by atoms with Gasteiger partial charge in [0.1, 0.15) is 5.82 Å². The van der Waals surface area contributed by atoms with Crippen molar-refractivity contribution >= 4 is 18.2 Å². The van der Waals surface area contributed by atoms with Gasteiger partial charge < -0.3 is 25.0 Å². The van der Waals surface area contributed by atoms with Crippen LogP contribution in [0.5, 0.6) is 0 Å². The van der Waals surface area contributed by atoms with Gasteiger partial charge in [0.25, 0.3) is 0 Å². The Bertz CT molecular complexity index is 1150. The van der Waals surface area contributed by atoms with Gasteiger partial charge >= 0.3 is 0 Å². The van der Waals surface area contributed by atoms with Crippen LogP contribution in [-0.2, 0) is 18.4 Å². The first-order chi connectivity index (χ1) is 19.9. The summed E-state index contributed by atoms with van der Waals surface area (Å²) in [5.41, 5.74) is 6.29. The molecule has 1 fully saturated rings. The molecular weight excluding hydrogens is 520 g/mol. The van der Waals surface area contributed by atoms with E-state index in [0.29, 0.717) is 0 Å². The van der Waals surface area contributed by atoms with Crippen molar-refractivity contribution in [3.63, 3.8) is 0 Å². The van der Waals surface area contributed by atoms with E-state index in [1.165, 1.54) is 55.0 Å². The van der Waals surface area contributed by atoms with Crippen molar-refractivity contribution in [2.24, 2.45) is 9.98 Å². The van der Waals surface area contributed by atoms with Crippen molar-refractivity contribution in [3.8, 4) is 0 Å². The molecule has 1 aromatic carbocycles. The maximum Gasteiger partial charge on any atom is 0.152 e. The van der Waals surface area contributed by atoms with E-state index in [0.717, 1.165) is 36.7 Å². The summed E-state index contributed by atoms with van der Waals surface area (Å²) >= 11 is 0. The number of piperidine rings is 1. The first-order valence-electron chi connectivity index (χ1n) is 15.7. The number of aromatic nitrogens is 2. The monoisotopic (exact) mass is 578 g/mol. The van der Waals surface area contributed by atoms with Gasteiger partial charge in [0.05, 0.1) is 30.3 Å². The second-order valence-electron chi connectivity index (χ2n) is 12.2. The Kier molecular flexibility index (Phi) is 14.3. The standard InChI is InChI=1S/C21H33N5.C8H14N2.C5H11N/c1-15-9-10-17(21(3,4)5)13-18(15)26(8)16(2)19-20(24-14-22-6)23-11-12-25(19)7;1-4-8-9-7(3)6-10(8)5-2;1-2-4-6-5-3-1/h9-11,13-14,16H,12H2,1-8H3,(H,22,24);6H,4-5H2,1-3H3;6H,1-5H2. The van der Waals surface area contributed by atoms with Crippen LogP contribution in [0.4, 0.5) is 5.69 Å². The molecule has 1 aromatic heterocycles. The van der Waals surface area contributed by atoms with E-state index in [1.807, 2.05) is 13.1 Å². The second-order valence-corrected chi connectivity index (χ2v) is 12.2. The molecule has 2 aliphatic rings. The van der Waals surface area contributed by atoms with E-state index in [2.05, 4.69) is 127 Å². The molecule has 8 heteroatoms. The zero-order valence-corrected chi connectivity index (χ0v) is 28.4. The number of hydrogen-bond acceptors (Lipinski definition) is 6. The highest BCUT2D eigenvalue weighted by atomic mass is 15.3. The lowest BCUT2D eigenvalue weighted by Crippen LogP contribution is -2.41. The molecule has 0 amide bonds. The smallest absolute Gasteiger partial charge is 0.152 e. The number of hydrogen-bond donors (Lipinski definition) is 2. The lowest BCUT2D eigenvalue weighted by Gasteiger charge is -2.37. The van der Waals surface area contributed by atoms with E-state index in [-0.39, 0.29) is 11.5 Å². The zero-order valence-electron chi connectivity index (χ0n) is 28.4. The van der Waals surface area contributed by atoms with Gasteiger partial charge in [-0.15, -0.1) is 0 Å². The van der Waals surface area contributed by atoms with Crippen LogP contribution in [0, 0.1) is 13.8 Å². The van der Waals surface area contributed by atoms with Crippen LogP contribution in [0.2, 0.25) is 0 Å². The highest BCUT2D eigenvalue weighted by Crippen LogP contribution is 2.31. The van der Waals surface area contributed by atoms with Crippen molar-refractivity contribution in [2.45, 2.75) is 99.1 Å². The summed E-state index contributed by atoms with van der Waals surface area (Å²) in [7, 11) is 6.01. The Morgan fingerprint density at radius 1 is 1.14 bits per heavy atom. The summed E-state index contributed by atoms with van der Waals surface area (Å²) in [6, 6.07) is 6.94. The highest BCUT2D eigenvalue weighted by Gasteiger charge is 2.25. The van der Waals surface area contributed by atoms with E-state index >= 15 is 0 Å². The third-order valence-electron chi connectivity index (χ3n) is 7.84. The number of aryl methyl sites for hydroxylation is 4. The largest absolute Gasteiger partial charge is 0.368 e. The number of rotatable bonds is 7. The number of benzene rings is 1. The molecule has 8 nitrogen and oxygen atoms in total. The minimum absolute atomic E-state index is 0.127. The molecular formula is C34H58N8. The quantitative estimate of drug-likeness (QED) is 0.308. The zero-order chi connectivity index (χ0) is 31.3. The molecule has 0 bridgehead atoms. The lowest BCUT2D eigenvalue weighted by molar-refractivity contribution is 0.422. The molecule has 1 saturated heterocycles. The number of aliphatic imine (C=N–C) groups is 2. The van der Waals surface area contributed by atoms with Crippen LogP contribution in [0.3, 0.4) is 0 Å². The van der Waals surface area contributed by atoms with Gasteiger partial charge in [0.15, 0.2) is 5.82 Å². The first-order valence-corrected chi connectivity index (χ1v) is 15.7. The van der Waals surface area contributed by atoms with Crippen molar-refractivity contribution in [2.75, 3.05) is 45.7 Å². The summed E-state index contributed by atoms with van der Waals surface area (Å²) in [5, 5.41) is 6.50. The summed E-state index contributed by atoms with van der Waals surface area (Å²) in [4.78, 5) is 17.5. The molecule has 1 atom stereocenters. The van der Waals surface area contributed by atoms with Gasteiger partial charge in [0.2, 0.25) is 0 Å². The second kappa shape index (κ2) is 17.1. The van der Waals surface area contributed by atoms with Crippen molar-refractivity contribution in [3.05, 3.63) is 58.6 Å². The molecule has 0 saturated carbocycles. The van der Waals surface area contributed by atoms with Gasteiger partial charge in [-0.2, -0.15) is 0 Å². The van der Waals surface area contributed by atoms with Crippen LogP contribution in [0.1, 0.15) is 83.5 Å². The summed E-state index contributed by atoms with van der Waals surface area (Å²) < 4.78 is 2.19. The number of anilines is 1. The third kappa shape index (κ3) is 10.3. The molecule has 2 aromatic rings. The highest BCUT2D eigenvalue weighted by molar-refractivity contribution is 5.67. The van der Waals surface area contributed by atoms with E-state index in [1.54, 1.807) is 13.4 Å². The number of likely N-dealkylation sites (N-methyl/N-ethyl adjacent to an activating group) is 2. The fourth-order valence-corrected chi connectivity index (χ4v) is 5.16. The first kappa shape index (κ1) is 35.1. The molecule has 42 heavy (non-hydrogen) atoms. The molecule has 0 radical (unpaired) electrons. The summed E-state index contributed by atoms with van der Waals surface area (Å²) in [5.74, 6) is 2.05. The van der Waals surface area contributed by atoms with Crippen molar-refractivity contribution in [1.29, 1.82) is 0 Å². The molecule has 4 rings (SSSR count). The Morgan fingerprint density at radius 2 is 1.83 bits per heavy atom. The predicted octanol–water partition coefficient (Wildman–Crippen LogP) is 6.08. The molecule has 0 aliphatic carbocycles. The van der Waals surface area contributed by atoms with Crippen LogP contribution in [0.15, 0.2) is 45.9 Å². The Balaban J connectivity index is 0.000000311. The Labute approximate surface area is 256 Å². The molecule has 1 unspecified atom stereocenters. The molecule has 2 aliphatic heterocycles. The lowest BCUT2D eigenvalue weighted by atomic mass is 9.86. The van der Waals surface area contributed by atoms with Gasteiger partial charge in [-0.1, -0.05) is 46.2 Å². The number of nitrogens with zero attached hydrogens (tertiary/aromatic N) is 6. The van der Waals surface area contributed by atoms with Gasteiger partial charge in [-0.3, -0.25) is 4.99 Å². The molecule has 234 valence electrons. The van der Waals surface area contributed by atoms with E-state index < -0.39 is 0 Å². The van der Waals surface area contributed by atoms with Crippen LogP contribution in [-0.4, -0.2) is 73.8 Å². The van der Waals surface area contributed by atoms with Crippen LogP contribution in [0.25, 0.3) is 0 Å². The summed E-state index contributed by atoms with van der Waals surface area (Å²) in [6.45, 7) is 21.8. The SMILES string of the molecule is C1CCNCC1.CCc1nc(C)cn1CC.CN=CNC1=C(C(C)N(C)c2cc(C(C)(C)C)ccc2C)N(C)CC=N1. The predicted molar refractivity (Wildman–Crippen MR) is 182 cm³/mol. The Morgan fingerprint density at radius 3 is 2.33 bits per heavy atom. The average molecular weight is 579 g/mol. The molecule has 0 spiro atoms.